The number of hydrogen-bond acceptors (Lipinski definition) is 4. The molecule has 8 heteroatoms. The van der Waals surface area contributed by atoms with Crippen LogP contribution in [0.5, 0.6) is 0 Å². The summed E-state index contributed by atoms with van der Waals surface area (Å²) in [6.07, 6.45) is 3.36. The van der Waals surface area contributed by atoms with Crippen molar-refractivity contribution in [3.63, 3.8) is 0 Å². The molecule has 2 N–H and O–H groups in total. The van der Waals surface area contributed by atoms with Crippen LogP contribution in [0.15, 0.2) is 53.5 Å². The van der Waals surface area contributed by atoms with Crippen molar-refractivity contribution in [1.82, 2.24) is 10.2 Å². The van der Waals surface area contributed by atoms with Crippen LogP contribution in [0.2, 0.25) is 0 Å². The van der Waals surface area contributed by atoms with Gasteiger partial charge in [0.2, 0.25) is 6.17 Å². The molecular formula is C23H26FN5O2. The lowest BCUT2D eigenvalue weighted by molar-refractivity contribution is -0.119. The Bertz CT molecular complexity index is 1000. The van der Waals surface area contributed by atoms with Gasteiger partial charge >= 0.3 is 6.03 Å². The molecule has 0 bridgehead atoms. The van der Waals surface area contributed by atoms with Crippen molar-refractivity contribution in [3.8, 4) is 0 Å². The molecule has 1 fully saturated rings. The average Bonchev–Trinajstić information content (AvgIpc) is 3.09. The number of para-hydroxylation sites is 1. The summed E-state index contributed by atoms with van der Waals surface area (Å²) in [5, 5.41) is 5.22. The Hall–Kier alpha value is -3.42. The van der Waals surface area contributed by atoms with E-state index in [1.807, 2.05) is 24.3 Å². The fourth-order valence-corrected chi connectivity index (χ4v) is 3.99. The number of benzodiazepines with no additional fused rings is 1. The Morgan fingerprint density at radius 3 is 2.55 bits per heavy atom. The van der Waals surface area contributed by atoms with Crippen LogP contribution < -0.4 is 15.5 Å². The van der Waals surface area contributed by atoms with E-state index in [0.29, 0.717) is 11.5 Å². The smallest absolute Gasteiger partial charge is 0.321 e. The van der Waals surface area contributed by atoms with E-state index in [9.17, 15) is 14.0 Å². The van der Waals surface area contributed by atoms with Crippen molar-refractivity contribution >= 4 is 29.1 Å². The molecule has 31 heavy (non-hydrogen) atoms. The Morgan fingerprint density at radius 2 is 1.81 bits per heavy atom. The van der Waals surface area contributed by atoms with Crippen LogP contribution in [0.1, 0.15) is 31.2 Å². The third kappa shape index (κ3) is 4.68. The molecule has 7 nitrogen and oxygen atoms in total. The number of halogens is 1. The molecule has 3 amide bonds. The summed E-state index contributed by atoms with van der Waals surface area (Å²) < 4.78 is 13.4. The Kier molecular flexibility index (Phi) is 6.16. The first kappa shape index (κ1) is 20.8. The fourth-order valence-electron chi connectivity index (χ4n) is 3.99. The van der Waals surface area contributed by atoms with Crippen molar-refractivity contribution < 1.29 is 14.0 Å². The van der Waals surface area contributed by atoms with Crippen LogP contribution in [0.25, 0.3) is 0 Å². The number of likely N-dealkylation sites (tertiary alicyclic amines) is 1. The van der Waals surface area contributed by atoms with Crippen molar-refractivity contribution in [2.24, 2.45) is 4.99 Å². The third-order valence-corrected chi connectivity index (χ3v) is 5.58. The number of anilines is 2. The number of urea groups is 1. The number of fused-ring (bicyclic) bond motifs is 1. The molecule has 0 spiro atoms. The molecule has 2 heterocycles. The molecule has 2 aliphatic rings. The fraction of sp³-hybridized carbons (Fsp3) is 0.348. The predicted octanol–water partition coefficient (Wildman–Crippen LogP) is 3.57. The van der Waals surface area contributed by atoms with Gasteiger partial charge in [0, 0.05) is 31.4 Å². The molecule has 1 atom stereocenters. The van der Waals surface area contributed by atoms with E-state index >= 15 is 0 Å². The summed E-state index contributed by atoms with van der Waals surface area (Å²) in [6, 6.07) is 12.6. The van der Waals surface area contributed by atoms with E-state index in [1.54, 1.807) is 13.1 Å². The van der Waals surface area contributed by atoms with E-state index < -0.39 is 18.0 Å². The second-order valence-electron chi connectivity index (χ2n) is 7.78. The average molecular weight is 423 g/mol. The minimum Gasteiger partial charge on any atom is -0.356 e. The maximum absolute atomic E-state index is 13.4. The minimum atomic E-state index is -1.09. The molecule has 0 aliphatic carbocycles. The van der Waals surface area contributed by atoms with Crippen LogP contribution in [-0.4, -0.2) is 49.0 Å². The Balaban J connectivity index is 1.64. The van der Waals surface area contributed by atoms with Crippen LogP contribution in [-0.2, 0) is 4.79 Å². The zero-order chi connectivity index (χ0) is 21.8. The molecule has 2 aromatic rings. The maximum Gasteiger partial charge on any atom is 0.321 e. The van der Waals surface area contributed by atoms with Gasteiger partial charge < -0.3 is 20.4 Å². The van der Waals surface area contributed by atoms with Gasteiger partial charge in [0.25, 0.3) is 5.91 Å². The summed E-state index contributed by atoms with van der Waals surface area (Å²) in [6.45, 7) is 1.71. The lowest BCUT2D eigenvalue weighted by atomic mass is 10.1. The SMILES string of the molecule is CN1C(=O)[C@H](NC(=O)Nc2cccc(F)c2)N=C(N2CCCCCC2)c2ccccc21. The van der Waals surface area contributed by atoms with Gasteiger partial charge in [-0.15, -0.1) is 0 Å². The number of carbonyl (C=O) groups is 2. The van der Waals surface area contributed by atoms with E-state index in [4.69, 9.17) is 4.99 Å². The van der Waals surface area contributed by atoms with Gasteiger partial charge in [-0.05, 0) is 43.2 Å². The van der Waals surface area contributed by atoms with Crippen LogP contribution in [0.3, 0.4) is 0 Å². The molecule has 2 aromatic carbocycles. The number of amides is 3. The van der Waals surface area contributed by atoms with E-state index in [2.05, 4.69) is 15.5 Å². The standard InChI is InChI=1S/C23H26FN5O2/c1-28-19-12-5-4-11-18(19)21(29-13-6-2-3-7-14-29)26-20(22(28)30)27-23(31)25-17-10-8-9-16(24)15-17/h4-5,8-12,15,20H,2-3,6-7,13-14H2,1H3,(H2,25,27,31)/t20-/m0/s1. The van der Waals surface area contributed by atoms with Gasteiger partial charge in [-0.2, -0.15) is 0 Å². The highest BCUT2D eigenvalue weighted by Crippen LogP contribution is 2.27. The molecule has 0 unspecified atom stereocenters. The van der Waals surface area contributed by atoms with Gasteiger partial charge in [-0.3, -0.25) is 4.79 Å². The molecule has 162 valence electrons. The molecule has 1 saturated heterocycles. The van der Waals surface area contributed by atoms with Gasteiger partial charge in [-0.1, -0.05) is 31.0 Å². The van der Waals surface area contributed by atoms with Gasteiger partial charge in [0.15, 0.2) is 0 Å². The topological polar surface area (TPSA) is 77.0 Å². The van der Waals surface area contributed by atoms with Crippen molar-refractivity contribution in [2.45, 2.75) is 31.8 Å². The van der Waals surface area contributed by atoms with Gasteiger partial charge in [0.1, 0.15) is 11.7 Å². The van der Waals surface area contributed by atoms with Gasteiger partial charge in [-0.25, -0.2) is 14.2 Å². The zero-order valence-corrected chi connectivity index (χ0v) is 17.5. The highest BCUT2D eigenvalue weighted by Gasteiger charge is 2.32. The van der Waals surface area contributed by atoms with Crippen molar-refractivity contribution in [1.29, 1.82) is 0 Å². The normalized spacial score (nSPS) is 19.1. The number of nitrogens with one attached hydrogen (secondary N) is 2. The maximum atomic E-state index is 13.4. The largest absolute Gasteiger partial charge is 0.356 e. The van der Waals surface area contributed by atoms with Crippen LogP contribution in [0, 0.1) is 5.82 Å². The molecule has 0 radical (unpaired) electrons. The predicted molar refractivity (Wildman–Crippen MR) is 119 cm³/mol. The number of nitrogens with zero attached hydrogens (tertiary/aromatic N) is 3. The number of aliphatic imine (C=N–C) groups is 1. The Labute approximate surface area is 180 Å². The highest BCUT2D eigenvalue weighted by atomic mass is 19.1. The van der Waals surface area contributed by atoms with E-state index in [0.717, 1.165) is 37.2 Å². The van der Waals surface area contributed by atoms with Crippen molar-refractivity contribution in [2.75, 3.05) is 30.4 Å². The number of carbonyl (C=O) groups excluding carboxylic acids is 2. The number of benzene rings is 2. The summed E-state index contributed by atoms with van der Waals surface area (Å²) in [5.41, 5.74) is 1.92. The molecule has 2 aliphatic heterocycles. The zero-order valence-electron chi connectivity index (χ0n) is 17.5. The second kappa shape index (κ2) is 9.16. The molecule has 4 rings (SSSR count). The third-order valence-electron chi connectivity index (χ3n) is 5.58. The van der Waals surface area contributed by atoms with Crippen molar-refractivity contribution in [3.05, 3.63) is 59.9 Å². The second-order valence-corrected chi connectivity index (χ2v) is 7.78. The highest BCUT2D eigenvalue weighted by molar-refractivity contribution is 6.12. The van der Waals surface area contributed by atoms with E-state index in [-0.39, 0.29) is 5.91 Å². The summed E-state index contributed by atoms with van der Waals surface area (Å²) in [4.78, 5) is 34.2. The minimum absolute atomic E-state index is 0.298. The quantitative estimate of drug-likeness (QED) is 0.775. The van der Waals surface area contributed by atoms with Crippen LogP contribution >= 0.6 is 0 Å². The lowest BCUT2D eigenvalue weighted by Crippen LogP contribution is -2.47. The first-order chi connectivity index (χ1) is 15.0. The number of amidine groups is 1. The summed E-state index contributed by atoms with van der Waals surface area (Å²) >= 11 is 0. The Morgan fingerprint density at radius 1 is 1.06 bits per heavy atom. The summed E-state index contributed by atoms with van der Waals surface area (Å²) in [5.74, 6) is -0.0853. The number of hydrogen-bond donors (Lipinski definition) is 2. The number of likely N-dealkylation sites (N-methyl/N-ethyl adjacent to an activating group) is 1. The lowest BCUT2D eigenvalue weighted by Gasteiger charge is -2.25. The molecule has 0 aromatic heterocycles. The van der Waals surface area contributed by atoms with E-state index in [1.165, 1.54) is 35.9 Å². The molecular weight excluding hydrogens is 397 g/mol. The molecule has 0 saturated carbocycles. The first-order valence-corrected chi connectivity index (χ1v) is 10.6. The number of rotatable bonds is 2. The van der Waals surface area contributed by atoms with Gasteiger partial charge in [0.05, 0.1) is 5.69 Å². The monoisotopic (exact) mass is 423 g/mol. The van der Waals surface area contributed by atoms with Crippen LogP contribution in [0.4, 0.5) is 20.6 Å². The summed E-state index contributed by atoms with van der Waals surface area (Å²) in [7, 11) is 1.68. The first-order valence-electron chi connectivity index (χ1n) is 10.6.